The summed E-state index contributed by atoms with van der Waals surface area (Å²) in [5.74, 6) is -4.25. The van der Waals surface area contributed by atoms with Crippen LogP contribution in [0.4, 0.5) is 0 Å². The van der Waals surface area contributed by atoms with E-state index in [1.165, 1.54) is 14.0 Å². The zero-order chi connectivity index (χ0) is 29.1. The van der Waals surface area contributed by atoms with Crippen molar-refractivity contribution in [3.05, 3.63) is 34.3 Å². The second kappa shape index (κ2) is 10.0. The van der Waals surface area contributed by atoms with Crippen LogP contribution >= 0.6 is 0 Å². The van der Waals surface area contributed by atoms with Gasteiger partial charge in [0.2, 0.25) is 5.78 Å². The Hall–Kier alpha value is -3.18. The van der Waals surface area contributed by atoms with Gasteiger partial charge in [-0.1, -0.05) is 6.92 Å². The molecule has 218 valence electrons. The Bertz CT molecular complexity index is 1240. The molecule has 6 atom stereocenters. The Morgan fingerprint density at radius 2 is 1.82 bits per heavy atom. The maximum atomic E-state index is 14.0. The van der Waals surface area contributed by atoms with E-state index < -0.39 is 64.5 Å². The van der Waals surface area contributed by atoms with Gasteiger partial charge in [-0.15, -0.1) is 0 Å². The molecule has 3 N–H and O–H groups in total. The number of ketones is 1. The van der Waals surface area contributed by atoms with Gasteiger partial charge in [0.25, 0.3) is 0 Å². The molecule has 2 saturated heterocycles. The number of fused-ring (bicyclic) bond motifs is 4. The van der Waals surface area contributed by atoms with Crippen LogP contribution in [0.15, 0.2) is 34.3 Å². The average molecular weight is 560 g/mol. The fourth-order valence-electron chi connectivity index (χ4n) is 7.73. The van der Waals surface area contributed by atoms with Gasteiger partial charge in [-0.05, 0) is 50.5 Å². The highest BCUT2D eigenvalue weighted by Gasteiger charge is 2.64. The van der Waals surface area contributed by atoms with Gasteiger partial charge in [0.15, 0.2) is 5.76 Å². The van der Waals surface area contributed by atoms with E-state index in [-0.39, 0.29) is 30.1 Å². The van der Waals surface area contributed by atoms with Crippen LogP contribution in [0.5, 0.6) is 0 Å². The number of aliphatic hydroxyl groups excluding tert-OH is 2. The molecule has 2 aliphatic heterocycles. The topological polar surface area (TPSA) is 160 Å². The Morgan fingerprint density at radius 1 is 1.15 bits per heavy atom. The van der Waals surface area contributed by atoms with Crippen molar-refractivity contribution in [2.24, 2.45) is 22.7 Å². The molecule has 0 aromatic heterocycles. The number of carbonyl (C=O) groups is 4. The molecule has 5 rings (SSSR count). The molecule has 3 fully saturated rings. The first kappa shape index (κ1) is 28.4. The van der Waals surface area contributed by atoms with Crippen LogP contribution in [0.25, 0.3) is 0 Å². The lowest BCUT2D eigenvalue weighted by molar-refractivity contribution is -0.161. The Balaban J connectivity index is 1.68. The van der Waals surface area contributed by atoms with Gasteiger partial charge >= 0.3 is 17.9 Å². The number of carbonyl (C=O) groups excluding carboxylic acids is 3. The highest BCUT2D eigenvalue weighted by Crippen LogP contribution is 2.63. The van der Waals surface area contributed by atoms with Crippen molar-refractivity contribution >= 4 is 23.7 Å². The first-order valence-corrected chi connectivity index (χ1v) is 13.8. The number of hydrogen-bond acceptors (Lipinski definition) is 10. The van der Waals surface area contributed by atoms with Gasteiger partial charge in [-0.3, -0.25) is 14.4 Å². The molecule has 2 heterocycles. The summed E-state index contributed by atoms with van der Waals surface area (Å²) in [6.07, 6.45) is 0.987. The van der Waals surface area contributed by atoms with E-state index in [4.69, 9.17) is 14.2 Å². The number of allylic oxidation sites excluding steroid dienone is 1. The van der Waals surface area contributed by atoms with Crippen molar-refractivity contribution in [1.29, 1.82) is 0 Å². The van der Waals surface area contributed by atoms with E-state index >= 15 is 0 Å². The monoisotopic (exact) mass is 559 g/mol. The fraction of sp³-hybridized carbons (Fsp3) is 0.655. The summed E-state index contributed by atoms with van der Waals surface area (Å²) in [5.41, 5.74) is -1.16. The molecule has 40 heavy (non-hydrogen) atoms. The highest BCUT2D eigenvalue weighted by atomic mass is 16.6. The molecule has 1 saturated carbocycles. The van der Waals surface area contributed by atoms with E-state index in [1.807, 2.05) is 6.92 Å². The number of carboxylic acids is 1. The molecular weight excluding hydrogens is 522 g/mol. The molecule has 0 bridgehead atoms. The number of piperidine rings is 1. The number of cyclic esters (lactones) is 1. The fourth-order valence-corrected chi connectivity index (χ4v) is 7.73. The van der Waals surface area contributed by atoms with Crippen LogP contribution in [0.2, 0.25) is 0 Å². The molecule has 3 aliphatic carbocycles. The minimum atomic E-state index is -1.28. The Labute approximate surface area is 232 Å². The van der Waals surface area contributed by atoms with E-state index in [0.717, 1.165) is 0 Å². The van der Waals surface area contributed by atoms with Crippen molar-refractivity contribution in [2.75, 3.05) is 26.8 Å². The zero-order valence-electron chi connectivity index (χ0n) is 23.3. The van der Waals surface area contributed by atoms with E-state index in [0.29, 0.717) is 49.9 Å². The summed E-state index contributed by atoms with van der Waals surface area (Å²) in [7, 11) is 1.45. The number of methoxy groups -OCH3 is 1. The van der Waals surface area contributed by atoms with Crippen LogP contribution < -0.4 is 0 Å². The summed E-state index contributed by atoms with van der Waals surface area (Å²) in [6, 6.07) is 0. The summed E-state index contributed by atoms with van der Waals surface area (Å²) in [6.45, 7) is 5.62. The zero-order valence-corrected chi connectivity index (χ0v) is 23.3. The summed E-state index contributed by atoms with van der Waals surface area (Å²) in [4.78, 5) is 53.0. The number of Topliss-reactive ketones (excluding diaryl/α,β-unsaturated/α-hetero) is 1. The lowest BCUT2D eigenvalue weighted by Crippen LogP contribution is -2.57. The van der Waals surface area contributed by atoms with Crippen molar-refractivity contribution in [3.63, 3.8) is 0 Å². The lowest BCUT2D eigenvalue weighted by atomic mass is 9.53. The van der Waals surface area contributed by atoms with Crippen LogP contribution in [0.1, 0.15) is 52.9 Å². The maximum Gasteiger partial charge on any atom is 0.340 e. The van der Waals surface area contributed by atoms with Crippen molar-refractivity contribution in [2.45, 2.75) is 71.2 Å². The number of aliphatic hydroxyl groups is 2. The van der Waals surface area contributed by atoms with Gasteiger partial charge in [-0.25, -0.2) is 4.79 Å². The van der Waals surface area contributed by atoms with Gasteiger partial charge in [0.1, 0.15) is 12.2 Å². The number of aliphatic carboxylic acids is 1. The predicted octanol–water partition coefficient (Wildman–Crippen LogP) is 2.05. The molecular formula is C29H37NO10. The van der Waals surface area contributed by atoms with Gasteiger partial charge < -0.3 is 34.4 Å². The molecule has 0 aromatic carbocycles. The number of hydrogen-bond donors (Lipinski definition) is 3. The molecule has 11 nitrogen and oxygen atoms in total. The van der Waals surface area contributed by atoms with Gasteiger partial charge in [0, 0.05) is 49.9 Å². The number of rotatable bonds is 5. The Kier molecular flexibility index (Phi) is 7.11. The summed E-state index contributed by atoms with van der Waals surface area (Å²) >= 11 is 0. The maximum absolute atomic E-state index is 14.0. The molecule has 5 aliphatic rings. The molecule has 0 aromatic rings. The van der Waals surface area contributed by atoms with Crippen LogP contribution in [0, 0.1) is 22.7 Å². The average Bonchev–Trinajstić information content (AvgIpc) is 3.18. The van der Waals surface area contributed by atoms with E-state index in [9.17, 15) is 34.5 Å². The van der Waals surface area contributed by atoms with Crippen LogP contribution in [-0.2, 0) is 33.4 Å². The second-order valence-corrected chi connectivity index (χ2v) is 12.1. The van der Waals surface area contributed by atoms with Gasteiger partial charge in [0.05, 0.1) is 29.6 Å². The standard InChI is InChI=1S/C29H37NO10/c1-14(31)39-18-11-28(2)17(5-6-19(28)32)21-23(18)29(3)20(13-38-4)40-27(37)16(22(29)25(34)24(21)33)12-30-9-7-15(8-10-30)26(35)36/h12,15,17-20,32,34H,5-11,13H2,1-4H3,(H,35,36)/b16-12+/t17-,18+,19-,20+,28-,29-/m0/s1. The third-order valence-electron chi connectivity index (χ3n) is 9.85. The quantitative estimate of drug-likeness (QED) is 0.334. The summed E-state index contributed by atoms with van der Waals surface area (Å²) < 4.78 is 17.2. The predicted molar refractivity (Wildman–Crippen MR) is 139 cm³/mol. The van der Waals surface area contributed by atoms with E-state index in [2.05, 4.69) is 0 Å². The van der Waals surface area contributed by atoms with Crippen LogP contribution in [-0.4, -0.2) is 89.0 Å². The molecule has 11 heteroatoms. The number of nitrogens with zero attached hydrogens (tertiary/aromatic N) is 1. The largest absolute Gasteiger partial charge is 0.504 e. The molecule has 0 amide bonds. The number of esters is 2. The minimum absolute atomic E-state index is 0.00222. The third kappa shape index (κ3) is 4.16. The van der Waals surface area contributed by atoms with Crippen molar-refractivity contribution in [3.8, 4) is 0 Å². The Morgan fingerprint density at radius 3 is 2.42 bits per heavy atom. The van der Waals surface area contributed by atoms with Crippen LogP contribution in [0.3, 0.4) is 0 Å². The first-order chi connectivity index (χ1) is 18.8. The molecule has 0 spiro atoms. The van der Waals surface area contributed by atoms with Gasteiger partial charge in [-0.2, -0.15) is 0 Å². The minimum Gasteiger partial charge on any atom is -0.504 e. The smallest absolute Gasteiger partial charge is 0.340 e. The van der Waals surface area contributed by atoms with E-state index in [1.54, 1.807) is 18.0 Å². The third-order valence-corrected chi connectivity index (χ3v) is 9.85. The SMILES string of the molecule is COC[C@H]1OC(=O)/C(=C/N2CCC(C(=O)O)CC2)C2=C(O)C(=O)C3=C([C@H](OC(C)=O)C[C@]4(C)[C@@H](O)CC[C@@H]34)[C@]21C. The summed E-state index contributed by atoms with van der Waals surface area (Å²) in [5, 5.41) is 31.9. The molecule has 0 unspecified atom stereocenters. The van der Waals surface area contributed by atoms with Crippen molar-refractivity contribution < 1.29 is 48.7 Å². The normalized spacial score (nSPS) is 37.2. The number of ether oxygens (including phenoxy) is 3. The first-order valence-electron chi connectivity index (χ1n) is 13.8. The number of carboxylic acid groups (broad SMARTS) is 1. The van der Waals surface area contributed by atoms with Crippen molar-refractivity contribution in [1.82, 2.24) is 4.90 Å². The highest BCUT2D eigenvalue weighted by molar-refractivity contribution is 6.13. The molecule has 0 radical (unpaired) electrons. The lowest BCUT2D eigenvalue weighted by Gasteiger charge is -2.54. The second-order valence-electron chi connectivity index (χ2n) is 12.1. The number of likely N-dealkylation sites (tertiary alicyclic amines) is 1.